The Morgan fingerprint density at radius 2 is 2.25 bits per heavy atom. The fraction of sp³-hybridized carbons (Fsp3) is 0.833. The Morgan fingerprint density at radius 3 is 2.69 bits per heavy atom. The van der Waals surface area contributed by atoms with Gasteiger partial charge in [0.2, 0.25) is 5.91 Å². The number of amides is 1. The lowest BCUT2D eigenvalue weighted by Crippen LogP contribution is -2.39. The Kier molecular flexibility index (Phi) is 4.31. The number of carbonyl (C=O) groups excluding carboxylic acids is 1. The lowest BCUT2D eigenvalue weighted by atomic mass is 10.1. The van der Waals surface area contributed by atoms with E-state index in [0.29, 0.717) is 12.6 Å². The summed E-state index contributed by atoms with van der Waals surface area (Å²) in [7, 11) is 2.05. The van der Waals surface area contributed by atoms with Gasteiger partial charge in [0.15, 0.2) is 0 Å². The van der Waals surface area contributed by atoms with E-state index in [1.165, 1.54) is 0 Å². The van der Waals surface area contributed by atoms with Crippen LogP contribution in [-0.4, -0.2) is 37.0 Å². The largest absolute Gasteiger partial charge is 0.353 e. The van der Waals surface area contributed by atoms with Gasteiger partial charge in [-0.3, -0.25) is 4.79 Å². The molecule has 0 aromatic carbocycles. The van der Waals surface area contributed by atoms with Gasteiger partial charge in [0, 0.05) is 19.1 Å². The molecule has 0 bridgehead atoms. The first-order valence-electron chi connectivity index (χ1n) is 5.95. The minimum Gasteiger partial charge on any atom is -0.353 e. The molecule has 4 nitrogen and oxygen atoms in total. The second kappa shape index (κ2) is 5.31. The van der Waals surface area contributed by atoms with Gasteiger partial charge in [0.05, 0.1) is 6.07 Å². The number of likely N-dealkylation sites (N-methyl/N-ethyl adjacent to an activating group) is 1. The van der Waals surface area contributed by atoms with Crippen LogP contribution in [0.5, 0.6) is 0 Å². The van der Waals surface area contributed by atoms with Gasteiger partial charge < -0.3 is 10.2 Å². The summed E-state index contributed by atoms with van der Waals surface area (Å²) in [5.74, 6) is -0.0902. The summed E-state index contributed by atoms with van der Waals surface area (Å²) in [6, 6.07) is 2.63. The molecule has 0 spiro atoms. The van der Waals surface area contributed by atoms with Crippen LogP contribution in [0.25, 0.3) is 0 Å². The molecule has 1 amide bonds. The highest BCUT2D eigenvalue weighted by atomic mass is 16.2. The normalized spacial score (nSPS) is 18.9. The third-order valence-electron chi connectivity index (χ3n) is 3.49. The van der Waals surface area contributed by atoms with Crippen molar-refractivity contribution in [2.75, 3.05) is 20.1 Å². The van der Waals surface area contributed by atoms with Crippen molar-refractivity contribution in [1.82, 2.24) is 10.2 Å². The molecule has 1 fully saturated rings. The van der Waals surface area contributed by atoms with Crippen molar-refractivity contribution in [3.8, 4) is 6.07 Å². The monoisotopic (exact) mass is 223 g/mol. The molecule has 1 unspecified atom stereocenters. The zero-order chi connectivity index (χ0) is 12.2. The molecular weight excluding hydrogens is 202 g/mol. The van der Waals surface area contributed by atoms with Gasteiger partial charge in [-0.1, -0.05) is 6.92 Å². The summed E-state index contributed by atoms with van der Waals surface area (Å²) in [6.45, 7) is 5.78. The Balaban J connectivity index is 2.21. The molecule has 4 heteroatoms. The third-order valence-corrected chi connectivity index (χ3v) is 3.49. The van der Waals surface area contributed by atoms with E-state index in [4.69, 9.17) is 5.26 Å². The summed E-state index contributed by atoms with van der Waals surface area (Å²) in [5.41, 5.74) is -0.686. The number of carbonyl (C=O) groups is 1. The first-order chi connectivity index (χ1) is 7.55. The van der Waals surface area contributed by atoms with E-state index >= 15 is 0 Å². The predicted octanol–water partition coefficient (Wildman–Crippen LogP) is 1.14. The maximum absolute atomic E-state index is 11.6. The quantitative estimate of drug-likeness (QED) is 0.734. The fourth-order valence-corrected chi connectivity index (χ4v) is 1.56. The fourth-order valence-electron chi connectivity index (χ4n) is 1.56. The number of nitriles is 1. The SMILES string of the molecule is CCC(C)N(C)CCNC(=O)C1(C#N)CC1. The minimum atomic E-state index is -0.686. The molecule has 0 aromatic heterocycles. The maximum Gasteiger partial charge on any atom is 0.240 e. The van der Waals surface area contributed by atoms with E-state index < -0.39 is 5.41 Å². The molecule has 1 N–H and O–H groups in total. The van der Waals surface area contributed by atoms with Crippen LogP contribution >= 0.6 is 0 Å². The minimum absolute atomic E-state index is 0.0902. The summed E-state index contributed by atoms with van der Waals surface area (Å²) in [5, 5.41) is 11.7. The van der Waals surface area contributed by atoms with Gasteiger partial charge in [0.1, 0.15) is 5.41 Å². The molecule has 0 radical (unpaired) electrons. The Hall–Kier alpha value is -1.08. The molecule has 16 heavy (non-hydrogen) atoms. The Bertz CT molecular complexity index is 291. The number of hydrogen-bond acceptors (Lipinski definition) is 3. The number of hydrogen-bond donors (Lipinski definition) is 1. The third kappa shape index (κ3) is 2.96. The van der Waals surface area contributed by atoms with E-state index in [1.54, 1.807) is 0 Å². The van der Waals surface area contributed by atoms with Crippen LogP contribution in [0, 0.1) is 16.7 Å². The molecule has 1 atom stereocenters. The van der Waals surface area contributed by atoms with E-state index in [0.717, 1.165) is 25.8 Å². The molecule has 0 aliphatic heterocycles. The molecular formula is C12H21N3O. The summed E-state index contributed by atoms with van der Waals surface area (Å²) in [4.78, 5) is 13.8. The molecule has 1 aliphatic rings. The van der Waals surface area contributed by atoms with Crippen molar-refractivity contribution in [3.05, 3.63) is 0 Å². The standard InChI is InChI=1S/C12H21N3O/c1-4-10(2)15(3)8-7-14-11(16)12(9-13)5-6-12/h10H,4-8H2,1-3H3,(H,14,16). The second-order valence-electron chi connectivity index (χ2n) is 4.69. The van der Waals surface area contributed by atoms with Crippen LogP contribution < -0.4 is 5.32 Å². The Labute approximate surface area is 97.6 Å². The van der Waals surface area contributed by atoms with Crippen LogP contribution in [0.2, 0.25) is 0 Å². The van der Waals surface area contributed by atoms with Crippen LogP contribution in [0.4, 0.5) is 0 Å². The zero-order valence-corrected chi connectivity index (χ0v) is 10.4. The van der Waals surface area contributed by atoms with Crippen molar-refractivity contribution in [1.29, 1.82) is 5.26 Å². The topological polar surface area (TPSA) is 56.1 Å². The van der Waals surface area contributed by atoms with Crippen LogP contribution in [-0.2, 0) is 4.79 Å². The highest BCUT2D eigenvalue weighted by Gasteiger charge is 2.50. The van der Waals surface area contributed by atoms with Gasteiger partial charge in [-0.25, -0.2) is 0 Å². The lowest BCUT2D eigenvalue weighted by Gasteiger charge is -2.23. The van der Waals surface area contributed by atoms with Gasteiger partial charge in [-0.2, -0.15) is 5.26 Å². The van der Waals surface area contributed by atoms with E-state index in [-0.39, 0.29) is 5.91 Å². The average Bonchev–Trinajstić information content (AvgIpc) is 3.08. The van der Waals surface area contributed by atoms with Crippen LogP contribution in [0.1, 0.15) is 33.1 Å². The van der Waals surface area contributed by atoms with Gasteiger partial charge in [-0.15, -0.1) is 0 Å². The predicted molar refractivity (Wildman–Crippen MR) is 62.7 cm³/mol. The maximum atomic E-state index is 11.6. The van der Waals surface area contributed by atoms with Gasteiger partial charge in [-0.05, 0) is 33.2 Å². The highest BCUT2D eigenvalue weighted by Crippen LogP contribution is 2.44. The van der Waals surface area contributed by atoms with Gasteiger partial charge in [0.25, 0.3) is 0 Å². The van der Waals surface area contributed by atoms with Crippen molar-refractivity contribution in [2.24, 2.45) is 5.41 Å². The zero-order valence-electron chi connectivity index (χ0n) is 10.4. The summed E-state index contributed by atoms with van der Waals surface area (Å²) >= 11 is 0. The second-order valence-corrected chi connectivity index (χ2v) is 4.69. The number of nitrogens with zero attached hydrogens (tertiary/aromatic N) is 2. The van der Waals surface area contributed by atoms with E-state index in [2.05, 4.69) is 37.2 Å². The van der Waals surface area contributed by atoms with E-state index in [9.17, 15) is 4.79 Å². The van der Waals surface area contributed by atoms with Crippen molar-refractivity contribution in [2.45, 2.75) is 39.2 Å². The number of nitrogens with one attached hydrogen (secondary N) is 1. The molecule has 0 saturated heterocycles. The van der Waals surface area contributed by atoms with Crippen molar-refractivity contribution < 1.29 is 4.79 Å². The van der Waals surface area contributed by atoms with E-state index in [1.807, 2.05) is 0 Å². The lowest BCUT2D eigenvalue weighted by molar-refractivity contribution is -0.124. The molecule has 1 saturated carbocycles. The summed E-state index contributed by atoms with van der Waals surface area (Å²) < 4.78 is 0. The molecule has 90 valence electrons. The molecule has 1 aliphatic carbocycles. The molecule has 0 heterocycles. The van der Waals surface area contributed by atoms with Crippen molar-refractivity contribution in [3.63, 3.8) is 0 Å². The average molecular weight is 223 g/mol. The first kappa shape index (κ1) is 13.0. The summed E-state index contributed by atoms with van der Waals surface area (Å²) in [6.07, 6.45) is 2.54. The van der Waals surface area contributed by atoms with Crippen molar-refractivity contribution >= 4 is 5.91 Å². The Morgan fingerprint density at radius 1 is 1.62 bits per heavy atom. The molecule has 1 rings (SSSR count). The highest BCUT2D eigenvalue weighted by molar-refractivity contribution is 5.88. The number of rotatable bonds is 6. The molecule has 0 aromatic rings. The van der Waals surface area contributed by atoms with Crippen LogP contribution in [0.3, 0.4) is 0 Å². The first-order valence-corrected chi connectivity index (χ1v) is 5.95. The van der Waals surface area contributed by atoms with Crippen LogP contribution in [0.15, 0.2) is 0 Å². The van der Waals surface area contributed by atoms with Gasteiger partial charge >= 0.3 is 0 Å². The smallest absolute Gasteiger partial charge is 0.240 e.